The van der Waals surface area contributed by atoms with E-state index in [1.165, 1.54) is 44.6 Å². The molecule has 182 valence electrons. The number of ether oxygens (including phenoxy) is 1. The van der Waals surface area contributed by atoms with Crippen LogP contribution in [-0.2, 0) is 23.6 Å². The second-order valence-electron chi connectivity index (χ2n) is 11.6. The van der Waals surface area contributed by atoms with Gasteiger partial charge >= 0.3 is 0 Å². The van der Waals surface area contributed by atoms with E-state index < -0.39 is 0 Å². The summed E-state index contributed by atoms with van der Waals surface area (Å²) in [6.07, 6.45) is 1.17. The Balaban J connectivity index is 2.17. The van der Waals surface area contributed by atoms with Crippen molar-refractivity contribution in [2.75, 3.05) is 13.3 Å². The van der Waals surface area contributed by atoms with Crippen LogP contribution in [0.5, 0.6) is 5.75 Å². The smallest absolute Gasteiger partial charge is 0.131 e. The average Bonchev–Trinajstić information content (AvgIpc) is 2.73. The predicted octanol–water partition coefficient (Wildman–Crippen LogP) is 8.04. The molecule has 0 radical (unpaired) electrons. The van der Waals surface area contributed by atoms with Gasteiger partial charge in [0.1, 0.15) is 12.4 Å². The van der Waals surface area contributed by atoms with Crippen LogP contribution in [0.3, 0.4) is 0 Å². The highest BCUT2D eigenvalue weighted by atomic mass is 31.1. The Morgan fingerprint density at radius 1 is 0.824 bits per heavy atom. The van der Waals surface area contributed by atoms with E-state index in [0.717, 1.165) is 5.75 Å². The quantitative estimate of drug-likeness (QED) is 0.303. The first-order chi connectivity index (χ1) is 15.9. The summed E-state index contributed by atoms with van der Waals surface area (Å²) in [6.45, 7) is 21.4. The molecule has 0 aliphatic rings. The molecule has 0 fully saturated rings. The van der Waals surface area contributed by atoms with Gasteiger partial charge in [-0.15, -0.1) is 7.92 Å². The molecule has 0 bridgehead atoms. The molecule has 1 nitrogen and oxygen atoms in total. The fourth-order valence-corrected chi connectivity index (χ4v) is 6.64. The summed E-state index contributed by atoms with van der Waals surface area (Å²) in [5, 5.41) is 2.83. The zero-order valence-electron chi connectivity index (χ0n) is 22.5. The lowest BCUT2D eigenvalue weighted by Crippen LogP contribution is -2.24. The van der Waals surface area contributed by atoms with Crippen LogP contribution in [0.15, 0.2) is 60.7 Å². The van der Waals surface area contributed by atoms with Crippen molar-refractivity contribution < 1.29 is 4.74 Å². The molecule has 3 aromatic rings. The lowest BCUT2D eigenvalue weighted by Gasteiger charge is -2.30. The summed E-state index contributed by atoms with van der Waals surface area (Å²) in [6, 6.07) is 22.2. The van der Waals surface area contributed by atoms with Crippen LogP contribution in [0.2, 0.25) is 0 Å². The molecule has 3 aromatic carbocycles. The molecule has 0 aromatic heterocycles. The first-order valence-corrected chi connectivity index (χ1v) is 15.6. The van der Waals surface area contributed by atoms with Gasteiger partial charge in [0.15, 0.2) is 0 Å². The van der Waals surface area contributed by atoms with E-state index in [2.05, 4.69) is 122 Å². The standard InChI is InChI=1S/C31H42OP2/c1-22-14-13-17-24(21-34(8)9)29(22)33-27-19-25(30(2,3)4)18-26(31(5,6)7)28(27)32-20-23-15-11-10-12-16-23/h10-19,33H,20-21H2,1-9H3. The van der Waals surface area contributed by atoms with Crippen LogP contribution in [-0.4, -0.2) is 13.3 Å². The molecule has 3 heteroatoms. The number of benzene rings is 3. The topological polar surface area (TPSA) is 9.23 Å². The summed E-state index contributed by atoms with van der Waals surface area (Å²) >= 11 is 0. The minimum Gasteiger partial charge on any atom is -0.488 e. The van der Waals surface area contributed by atoms with Crippen molar-refractivity contribution in [3.05, 3.63) is 88.5 Å². The van der Waals surface area contributed by atoms with Crippen LogP contribution < -0.4 is 15.3 Å². The van der Waals surface area contributed by atoms with Crippen molar-refractivity contribution in [2.24, 2.45) is 0 Å². The van der Waals surface area contributed by atoms with Gasteiger partial charge in [-0.05, 0) is 70.9 Å². The first-order valence-electron chi connectivity index (χ1n) is 12.2. The molecule has 1 unspecified atom stereocenters. The van der Waals surface area contributed by atoms with E-state index in [-0.39, 0.29) is 18.8 Å². The summed E-state index contributed by atoms with van der Waals surface area (Å²) in [4.78, 5) is 0. The van der Waals surface area contributed by atoms with Gasteiger partial charge in [-0.2, -0.15) is 0 Å². The monoisotopic (exact) mass is 492 g/mol. The molecule has 3 rings (SSSR count). The van der Waals surface area contributed by atoms with Crippen molar-refractivity contribution in [1.82, 2.24) is 0 Å². The Kier molecular flexibility index (Phi) is 8.65. The van der Waals surface area contributed by atoms with E-state index in [4.69, 9.17) is 4.74 Å². The van der Waals surface area contributed by atoms with Gasteiger partial charge in [0, 0.05) is 10.9 Å². The average molecular weight is 493 g/mol. The zero-order valence-corrected chi connectivity index (χ0v) is 24.4. The summed E-state index contributed by atoms with van der Waals surface area (Å²) in [5.41, 5.74) is 6.85. The maximum atomic E-state index is 6.69. The second-order valence-corrected chi connectivity index (χ2v) is 15.4. The van der Waals surface area contributed by atoms with Gasteiger partial charge in [0.2, 0.25) is 0 Å². The third-order valence-electron chi connectivity index (χ3n) is 6.09. The SMILES string of the molecule is Cc1cccc(CP(C)C)c1Pc1cc(C(C)(C)C)cc(C(C)(C)C)c1OCc1ccccc1. The van der Waals surface area contributed by atoms with Crippen LogP contribution in [0.4, 0.5) is 0 Å². The molecular formula is C31H42OP2. The van der Waals surface area contributed by atoms with E-state index in [9.17, 15) is 0 Å². The molecule has 0 amide bonds. The van der Waals surface area contributed by atoms with E-state index in [1.54, 1.807) is 0 Å². The van der Waals surface area contributed by atoms with Gasteiger partial charge in [0.05, 0.1) is 0 Å². The maximum absolute atomic E-state index is 6.69. The van der Waals surface area contributed by atoms with Gasteiger partial charge in [0.25, 0.3) is 0 Å². The summed E-state index contributed by atoms with van der Waals surface area (Å²) in [7, 11) is 0.576. The molecular weight excluding hydrogens is 450 g/mol. The van der Waals surface area contributed by atoms with Crippen LogP contribution in [0.1, 0.15) is 69.4 Å². The maximum Gasteiger partial charge on any atom is 0.131 e. The number of aryl methyl sites for hydroxylation is 1. The largest absolute Gasteiger partial charge is 0.488 e. The van der Waals surface area contributed by atoms with Crippen LogP contribution >= 0.6 is 16.5 Å². The highest BCUT2D eigenvalue weighted by Crippen LogP contribution is 2.39. The number of rotatable bonds is 7. The highest BCUT2D eigenvalue weighted by molar-refractivity contribution is 7.57. The van der Waals surface area contributed by atoms with Crippen LogP contribution in [0.25, 0.3) is 0 Å². The fraction of sp³-hybridized carbons (Fsp3) is 0.419. The Bertz CT molecular complexity index is 1100. The molecule has 0 heterocycles. The minimum atomic E-state index is -0.0117. The molecule has 1 atom stereocenters. The van der Waals surface area contributed by atoms with Gasteiger partial charge in [-0.1, -0.05) is 105 Å². The second kappa shape index (κ2) is 10.9. The van der Waals surface area contributed by atoms with E-state index >= 15 is 0 Å². The van der Waals surface area contributed by atoms with Gasteiger partial charge in [-0.3, -0.25) is 0 Å². The van der Waals surface area contributed by atoms with Crippen molar-refractivity contribution in [1.29, 1.82) is 0 Å². The number of hydrogen-bond acceptors (Lipinski definition) is 1. The van der Waals surface area contributed by atoms with Crippen molar-refractivity contribution in [2.45, 2.75) is 72.1 Å². The molecule has 0 N–H and O–H groups in total. The predicted molar refractivity (Wildman–Crippen MR) is 156 cm³/mol. The van der Waals surface area contributed by atoms with Crippen molar-refractivity contribution in [3.63, 3.8) is 0 Å². The normalized spacial score (nSPS) is 12.6. The molecule has 0 spiro atoms. The van der Waals surface area contributed by atoms with Gasteiger partial charge in [-0.25, -0.2) is 0 Å². The Labute approximate surface area is 211 Å². The Morgan fingerprint density at radius 3 is 2.09 bits per heavy atom. The number of hydrogen-bond donors (Lipinski definition) is 0. The Hall–Kier alpha value is -1.68. The van der Waals surface area contributed by atoms with Gasteiger partial charge < -0.3 is 4.74 Å². The third kappa shape index (κ3) is 6.93. The molecule has 34 heavy (non-hydrogen) atoms. The molecule has 0 aliphatic heterocycles. The molecule has 0 saturated heterocycles. The lowest BCUT2D eigenvalue weighted by molar-refractivity contribution is 0.300. The van der Waals surface area contributed by atoms with Crippen LogP contribution in [0, 0.1) is 6.92 Å². The Morgan fingerprint density at radius 2 is 1.50 bits per heavy atom. The van der Waals surface area contributed by atoms with Crippen molar-refractivity contribution in [3.8, 4) is 5.75 Å². The summed E-state index contributed by atoms with van der Waals surface area (Å²) < 4.78 is 6.69. The first kappa shape index (κ1) is 26.9. The fourth-order valence-electron chi connectivity index (χ4n) is 4.11. The highest BCUT2D eigenvalue weighted by Gasteiger charge is 2.27. The van der Waals surface area contributed by atoms with E-state index in [1.807, 2.05) is 0 Å². The minimum absolute atomic E-state index is 0.000928. The molecule has 0 aliphatic carbocycles. The zero-order chi connectivity index (χ0) is 25.1. The van der Waals surface area contributed by atoms with Crippen molar-refractivity contribution >= 4 is 27.1 Å². The summed E-state index contributed by atoms with van der Waals surface area (Å²) in [5.74, 6) is 1.08. The van der Waals surface area contributed by atoms with E-state index in [0.29, 0.717) is 15.2 Å². The lowest BCUT2D eigenvalue weighted by atomic mass is 9.80. The third-order valence-corrected chi connectivity index (χ3v) is 8.67. The molecule has 0 saturated carbocycles.